The summed E-state index contributed by atoms with van der Waals surface area (Å²) >= 11 is 3.07. The summed E-state index contributed by atoms with van der Waals surface area (Å²) in [6.45, 7) is 0. The van der Waals surface area contributed by atoms with Crippen LogP contribution in [0.25, 0.3) is 0 Å². The second-order valence-electron chi connectivity index (χ2n) is 2.39. The molecule has 0 fully saturated rings. The second kappa shape index (κ2) is 5.23. The Morgan fingerprint density at radius 1 is 0.938 bits per heavy atom. The van der Waals surface area contributed by atoms with Crippen molar-refractivity contribution >= 4 is 22.7 Å². The van der Waals surface area contributed by atoms with E-state index in [4.69, 9.17) is 0 Å². The van der Waals surface area contributed by atoms with Crippen LogP contribution in [0.15, 0.2) is 9.79 Å². The molecule has 0 bridgehead atoms. The zero-order valence-corrected chi connectivity index (χ0v) is 11.3. The number of thiol groups is 1. The summed E-state index contributed by atoms with van der Waals surface area (Å²) in [6.07, 6.45) is 0. The van der Waals surface area contributed by atoms with E-state index in [1.807, 2.05) is 0 Å². The van der Waals surface area contributed by atoms with Crippen molar-refractivity contribution in [2.45, 2.75) is 9.79 Å². The zero-order chi connectivity index (χ0) is 12.0. The van der Waals surface area contributed by atoms with Crippen LogP contribution in [0, 0.1) is 23.3 Å². The molecule has 16 heavy (non-hydrogen) atoms. The first-order chi connectivity index (χ1) is 6.68. The van der Waals surface area contributed by atoms with Gasteiger partial charge in [0.15, 0.2) is 23.3 Å². The Morgan fingerprint density at radius 2 is 1.25 bits per heavy atom. The van der Waals surface area contributed by atoms with Crippen molar-refractivity contribution in [1.82, 2.24) is 0 Å². The first-order valence-electron chi connectivity index (χ1n) is 3.18. The van der Waals surface area contributed by atoms with Crippen molar-refractivity contribution in [2.75, 3.05) is 0 Å². The van der Waals surface area contributed by atoms with Crippen LogP contribution in [-0.2, 0) is 10.1 Å². The monoisotopic (exact) mass is 284 g/mol. The van der Waals surface area contributed by atoms with Gasteiger partial charge in [-0.3, -0.25) is 0 Å². The van der Waals surface area contributed by atoms with E-state index in [0.717, 1.165) is 0 Å². The normalized spacial score (nSPS) is 11.1. The summed E-state index contributed by atoms with van der Waals surface area (Å²) in [4.78, 5) is -3.52. The second-order valence-corrected chi connectivity index (χ2v) is 4.15. The van der Waals surface area contributed by atoms with E-state index in [9.17, 15) is 30.5 Å². The molecule has 0 aliphatic rings. The van der Waals surface area contributed by atoms with Gasteiger partial charge in [-0.15, -0.1) is 12.6 Å². The average Bonchev–Trinajstić information content (AvgIpc) is 2.09. The molecule has 84 valence electrons. The molecular weight excluding hydrogens is 283 g/mol. The molecule has 0 atom stereocenters. The molecule has 0 saturated carbocycles. The SMILES string of the molecule is O=S(=O)([O-])c1c(F)c(F)c(S)c(F)c1F.[Na+]. The maximum absolute atomic E-state index is 12.8. The van der Waals surface area contributed by atoms with Gasteiger partial charge in [0.25, 0.3) is 0 Å². The van der Waals surface area contributed by atoms with Gasteiger partial charge in [0.1, 0.15) is 15.0 Å². The minimum absolute atomic E-state index is 0. The van der Waals surface area contributed by atoms with Gasteiger partial charge in [0.2, 0.25) is 0 Å². The van der Waals surface area contributed by atoms with Crippen LogP contribution < -0.4 is 29.6 Å². The summed E-state index contributed by atoms with van der Waals surface area (Å²) < 4.78 is 81.9. The molecular formula is C6HF4NaO3S2. The van der Waals surface area contributed by atoms with Crippen LogP contribution in [0.2, 0.25) is 0 Å². The third kappa shape index (κ3) is 2.71. The Morgan fingerprint density at radius 3 is 1.50 bits per heavy atom. The summed E-state index contributed by atoms with van der Waals surface area (Å²) in [7, 11) is -5.64. The standard InChI is InChI=1S/C6H2F4O3S2.Na/c7-1-3(9)6(15(11,12)13)4(10)2(8)5(1)14;/h14H,(H,11,12,13);/q;+1/p-1. The van der Waals surface area contributed by atoms with E-state index in [1.54, 1.807) is 0 Å². The van der Waals surface area contributed by atoms with Crippen molar-refractivity contribution in [2.24, 2.45) is 0 Å². The van der Waals surface area contributed by atoms with Gasteiger partial charge in [0.05, 0.1) is 4.90 Å². The fraction of sp³-hybridized carbons (Fsp3) is 0. The Bertz CT molecular complexity index is 502. The summed E-state index contributed by atoms with van der Waals surface area (Å²) in [6, 6.07) is 0. The van der Waals surface area contributed by atoms with Crippen LogP contribution in [0.4, 0.5) is 17.6 Å². The zero-order valence-electron chi connectivity index (χ0n) is 7.59. The minimum atomic E-state index is -5.64. The number of hydrogen-bond acceptors (Lipinski definition) is 4. The predicted molar refractivity (Wildman–Crippen MR) is 41.5 cm³/mol. The Hall–Kier alpha value is 0.200. The number of benzene rings is 1. The maximum atomic E-state index is 12.8. The van der Waals surface area contributed by atoms with Gasteiger partial charge in [-0.1, -0.05) is 0 Å². The predicted octanol–water partition coefficient (Wildman–Crippen LogP) is -1.56. The molecule has 0 N–H and O–H groups in total. The van der Waals surface area contributed by atoms with Crippen LogP contribution in [-0.4, -0.2) is 13.0 Å². The third-order valence-electron chi connectivity index (χ3n) is 1.45. The molecule has 0 amide bonds. The minimum Gasteiger partial charge on any atom is -0.744 e. The fourth-order valence-corrected chi connectivity index (χ4v) is 1.63. The Balaban J connectivity index is 0.00000225. The molecule has 1 rings (SSSR count). The topological polar surface area (TPSA) is 57.2 Å². The molecule has 0 aliphatic carbocycles. The summed E-state index contributed by atoms with van der Waals surface area (Å²) in [5.41, 5.74) is 0. The molecule has 0 aliphatic heterocycles. The van der Waals surface area contributed by atoms with Gasteiger partial charge >= 0.3 is 29.6 Å². The van der Waals surface area contributed by atoms with Crippen LogP contribution >= 0.6 is 12.6 Å². The van der Waals surface area contributed by atoms with Gasteiger partial charge in [-0.2, -0.15) is 0 Å². The largest absolute Gasteiger partial charge is 1.00 e. The Kier molecular flexibility index (Phi) is 5.30. The fourth-order valence-electron chi connectivity index (χ4n) is 0.819. The first-order valence-corrected chi connectivity index (χ1v) is 5.04. The van der Waals surface area contributed by atoms with Crippen LogP contribution in [0.1, 0.15) is 0 Å². The Labute approximate surface area is 115 Å². The van der Waals surface area contributed by atoms with Gasteiger partial charge < -0.3 is 4.55 Å². The smallest absolute Gasteiger partial charge is 0.744 e. The van der Waals surface area contributed by atoms with E-state index in [2.05, 4.69) is 12.6 Å². The summed E-state index contributed by atoms with van der Waals surface area (Å²) in [5.74, 6) is -8.64. The maximum Gasteiger partial charge on any atom is 1.00 e. The summed E-state index contributed by atoms with van der Waals surface area (Å²) in [5, 5.41) is 0. The van der Waals surface area contributed by atoms with Crippen molar-refractivity contribution in [3.8, 4) is 0 Å². The molecule has 0 radical (unpaired) electrons. The molecule has 1 aromatic rings. The van der Waals surface area contributed by atoms with Gasteiger partial charge in [-0.25, -0.2) is 26.0 Å². The van der Waals surface area contributed by atoms with Crippen molar-refractivity contribution < 1.29 is 60.1 Å². The molecule has 10 heteroatoms. The number of hydrogen-bond donors (Lipinski definition) is 1. The molecule has 0 unspecified atom stereocenters. The van der Waals surface area contributed by atoms with Crippen LogP contribution in [0.3, 0.4) is 0 Å². The van der Waals surface area contributed by atoms with E-state index in [0.29, 0.717) is 0 Å². The molecule has 0 aromatic heterocycles. The molecule has 3 nitrogen and oxygen atoms in total. The molecule has 0 heterocycles. The first kappa shape index (κ1) is 16.2. The van der Waals surface area contributed by atoms with Crippen LogP contribution in [0.5, 0.6) is 0 Å². The average molecular weight is 284 g/mol. The molecule has 1 aromatic carbocycles. The van der Waals surface area contributed by atoms with E-state index in [-0.39, 0.29) is 29.6 Å². The van der Waals surface area contributed by atoms with E-state index < -0.39 is 43.2 Å². The number of halogens is 4. The quantitative estimate of drug-likeness (QED) is 0.223. The van der Waals surface area contributed by atoms with Crippen molar-refractivity contribution in [3.63, 3.8) is 0 Å². The van der Waals surface area contributed by atoms with Crippen molar-refractivity contribution in [1.29, 1.82) is 0 Å². The molecule has 0 spiro atoms. The van der Waals surface area contributed by atoms with E-state index >= 15 is 0 Å². The van der Waals surface area contributed by atoms with Gasteiger partial charge in [-0.05, 0) is 0 Å². The van der Waals surface area contributed by atoms with Crippen molar-refractivity contribution in [3.05, 3.63) is 23.3 Å². The number of rotatable bonds is 1. The van der Waals surface area contributed by atoms with E-state index in [1.165, 1.54) is 0 Å². The molecule has 0 saturated heterocycles. The van der Waals surface area contributed by atoms with Gasteiger partial charge in [0, 0.05) is 0 Å². The third-order valence-corrected chi connectivity index (χ3v) is 2.70.